The molecule has 2 saturated heterocycles. The minimum absolute atomic E-state index is 0.0987. The van der Waals surface area contributed by atoms with Crippen molar-refractivity contribution in [3.63, 3.8) is 0 Å². The van der Waals surface area contributed by atoms with Gasteiger partial charge >= 0.3 is 5.97 Å². The molecule has 52 heavy (non-hydrogen) atoms. The first-order valence-corrected chi connectivity index (χ1v) is 19.1. The van der Waals surface area contributed by atoms with Gasteiger partial charge in [0.15, 0.2) is 0 Å². The highest BCUT2D eigenvalue weighted by atomic mass is 35.5. The number of methoxy groups -OCH3 is 1. The summed E-state index contributed by atoms with van der Waals surface area (Å²) >= 11 is 16.0. The molecule has 3 fully saturated rings. The molecule has 1 amide bonds. The molecular weight excluding hydrogens is 719 g/mol. The van der Waals surface area contributed by atoms with Crippen LogP contribution in [0.5, 0.6) is 5.88 Å². The van der Waals surface area contributed by atoms with E-state index in [0.29, 0.717) is 58.7 Å². The predicted octanol–water partition coefficient (Wildman–Crippen LogP) is 7.75. The Bertz CT molecular complexity index is 2180. The van der Waals surface area contributed by atoms with E-state index in [4.69, 9.17) is 32.9 Å². The molecule has 268 valence electrons. The van der Waals surface area contributed by atoms with Gasteiger partial charge < -0.3 is 25.8 Å². The molecule has 0 radical (unpaired) electrons. The van der Waals surface area contributed by atoms with Gasteiger partial charge in [-0.1, -0.05) is 59.6 Å². The topological polar surface area (TPSA) is 129 Å². The molecule has 0 spiro atoms. The SMILES string of the molecule is COc1nc(-c2cccc(-c3cccc(Nc4nccc5sc(CN6CC7CC6CC7C(=O)O)cc45)c3Cl)c2Cl)ccc1CNC[C@@H]1CCC(=O)N1. The number of likely N-dealkylation sites (tertiary alicyclic amines) is 1. The Morgan fingerprint density at radius 3 is 2.63 bits per heavy atom. The fourth-order valence-corrected chi connectivity index (χ4v) is 9.66. The summed E-state index contributed by atoms with van der Waals surface area (Å²) in [7, 11) is 1.60. The average molecular weight is 758 g/mol. The molecule has 2 aromatic carbocycles. The van der Waals surface area contributed by atoms with Gasteiger partial charge in [0.1, 0.15) is 5.82 Å². The van der Waals surface area contributed by atoms with Crippen LogP contribution in [0.4, 0.5) is 11.5 Å². The summed E-state index contributed by atoms with van der Waals surface area (Å²) in [4.78, 5) is 36.3. The number of amides is 1. The third-order valence-corrected chi connectivity index (χ3v) is 12.5. The van der Waals surface area contributed by atoms with Crippen molar-refractivity contribution in [2.45, 2.75) is 50.9 Å². The number of nitrogens with zero attached hydrogens (tertiary/aromatic N) is 3. The van der Waals surface area contributed by atoms with Crippen LogP contribution in [-0.4, -0.2) is 64.1 Å². The van der Waals surface area contributed by atoms with Gasteiger partial charge in [-0.3, -0.25) is 14.5 Å². The number of carbonyl (C=O) groups excluding carboxylic acids is 1. The summed E-state index contributed by atoms with van der Waals surface area (Å²) in [6, 6.07) is 20.2. The molecule has 10 nitrogen and oxygen atoms in total. The van der Waals surface area contributed by atoms with Crippen molar-refractivity contribution in [1.29, 1.82) is 0 Å². The first kappa shape index (κ1) is 34.8. The first-order valence-electron chi connectivity index (χ1n) is 17.5. The van der Waals surface area contributed by atoms with Crippen molar-refractivity contribution in [3.05, 3.63) is 87.3 Å². The number of aliphatic carboxylic acids is 1. The first-order chi connectivity index (χ1) is 25.2. The van der Waals surface area contributed by atoms with Crippen molar-refractivity contribution in [2.24, 2.45) is 11.8 Å². The number of hydrogen-bond acceptors (Lipinski definition) is 9. The second kappa shape index (κ2) is 14.6. The molecule has 5 heterocycles. The number of halogens is 2. The summed E-state index contributed by atoms with van der Waals surface area (Å²) in [5.74, 6) is 0.693. The molecule has 4 N–H and O–H groups in total. The Labute approximate surface area is 315 Å². The molecule has 5 aromatic rings. The van der Waals surface area contributed by atoms with Crippen molar-refractivity contribution in [3.8, 4) is 28.3 Å². The lowest BCUT2D eigenvalue weighted by Gasteiger charge is -2.29. The van der Waals surface area contributed by atoms with Crippen molar-refractivity contribution in [1.82, 2.24) is 25.5 Å². The lowest BCUT2D eigenvalue weighted by Crippen LogP contribution is -2.37. The minimum atomic E-state index is -0.658. The summed E-state index contributed by atoms with van der Waals surface area (Å²) < 4.78 is 6.78. The van der Waals surface area contributed by atoms with Gasteiger partial charge in [0.2, 0.25) is 11.8 Å². The number of carboxylic acids is 1. The van der Waals surface area contributed by atoms with Gasteiger partial charge in [0.05, 0.1) is 34.5 Å². The van der Waals surface area contributed by atoms with Crippen LogP contribution in [0.25, 0.3) is 32.5 Å². The molecule has 3 aromatic heterocycles. The van der Waals surface area contributed by atoms with Gasteiger partial charge in [0, 0.05) is 88.1 Å². The van der Waals surface area contributed by atoms with E-state index < -0.39 is 5.97 Å². The number of fused-ring (bicyclic) bond motifs is 3. The number of nitrogens with one attached hydrogen (secondary N) is 3. The van der Waals surface area contributed by atoms with E-state index in [1.165, 1.54) is 4.88 Å². The number of ether oxygens (including phenoxy) is 1. The standard InChI is InChI=1S/C39H38Cl2N6O4S/c1-51-38-21(17-42-18-23-9-11-34(48)44-23)8-10-31(46-38)28-6-2-4-26(35(28)40)27-5-3-7-32(36(27)41)45-37-30-16-25(52-33(30)12-13-43-37)20-47-19-22-14-24(47)15-29(22)39(49)50/h2-8,10,12-13,16,22-24,29,42H,9,11,14-15,17-20H2,1H3,(H,43,45)(H,44,48)(H,49,50)/t22?,23-,24?,29?/m0/s1. The highest BCUT2D eigenvalue weighted by Gasteiger charge is 2.47. The van der Waals surface area contributed by atoms with E-state index in [1.807, 2.05) is 54.6 Å². The second-order valence-electron chi connectivity index (χ2n) is 13.8. The number of aromatic nitrogens is 2. The number of benzene rings is 2. The van der Waals surface area contributed by atoms with E-state index in [1.54, 1.807) is 24.6 Å². The van der Waals surface area contributed by atoms with Crippen molar-refractivity contribution >= 4 is 68.0 Å². The van der Waals surface area contributed by atoms with E-state index in [0.717, 1.165) is 64.7 Å². The fourth-order valence-electron chi connectivity index (χ4n) is 7.98. The van der Waals surface area contributed by atoms with Crippen LogP contribution < -0.4 is 20.7 Å². The Morgan fingerprint density at radius 1 is 1.08 bits per heavy atom. The third kappa shape index (κ3) is 6.83. The van der Waals surface area contributed by atoms with Gasteiger partial charge in [-0.25, -0.2) is 9.97 Å². The molecule has 1 aliphatic carbocycles. The normalized spacial score (nSPS) is 21.2. The van der Waals surface area contributed by atoms with Gasteiger partial charge in [-0.05, 0) is 49.4 Å². The monoisotopic (exact) mass is 756 g/mol. The fraction of sp³-hybridized carbons (Fsp3) is 0.333. The molecule has 3 aliphatic rings. The van der Waals surface area contributed by atoms with Gasteiger partial charge in [-0.15, -0.1) is 11.3 Å². The van der Waals surface area contributed by atoms with Crippen LogP contribution in [-0.2, 0) is 22.7 Å². The summed E-state index contributed by atoms with van der Waals surface area (Å²) in [5.41, 5.74) is 4.58. The molecule has 3 unspecified atom stereocenters. The largest absolute Gasteiger partial charge is 0.481 e. The highest BCUT2D eigenvalue weighted by molar-refractivity contribution is 7.19. The van der Waals surface area contributed by atoms with Crippen LogP contribution in [0.3, 0.4) is 0 Å². The maximum atomic E-state index is 11.6. The molecule has 13 heteroatoms. The smallest absolute Gasteiger partial charge is 0.306 e. The van der Waals surface area contributed by atoms with Crippen molar-refractivity contribution in [2.75, 3.05) is 25.5 Å². The number of thiophene rings is 1. The number of carboxylic acid groups (broad SMARTS) is 1. The molecular formula is C39H38Cl2N6O4S. The average Bonchev–Trinajstić information content (AvgIpc) is 3.94. The van der Waals surface area contributed by atoms with Crippen LogP contribution in [0.15, 0.2) is 66.9 Å². The molecule has 2 bridgehead atoms. The van der Waals surface area contributed by atoms with Crippen LogP contribution in [0.1, 0.15) is 36.1 Å². The van der Waals surface area contributed by atoms with E-state index in [-0.39, 0.29) is 23.8 Å². The van der Waals surface area contributed by atoms with E-state index in [9.17, 15) is 14.7 Å². The number of carbonyl (C=O) groups is 2. The highest BCUT2D eigenvalue weighted by Crippen LogP contribution is 2.45. The summed E-state index contributed by atoms with van der Waals surface area (Å²) in [6.07, 6.45) is 4.91. The van der Waals surface area contributed by atoms with Crippen molar-refractivity contribution < 1.29 is 19.4 Å². The lowest BCUT2D eigenvalue weighted by molar-refractivity contribution is -0.144. The summed E-state index contributed by atoms with van der Waals surface area (Å²) in [6.45, 7) is 2.87. The molecule has 8 rings (SSSR count). The minimum Gasteiger partial charge on any atom is -0.481 e. The zero-order valence-corrected chi connectivity index (χ0v) is 30.8. The Morgan fingerprint density at radius 2 is 1.88 bits per heavy atom. The van der Waals surface area contributed by atoms with Crippen LogP contribution in [0, 0.1) is 11.8 Å². The molecule has 2 aliphatic heterocycles. The molecule has 4 atom stereocenters. The number of piperidine rings is 1. The Kier molecular flexibility index (Phi) is 9.80. The van der Waals surface area contributed by atoms with E-state index >= 15 is 0 Å². The summed E-state index contributed by atoms with van der Waals surface area (Å²) in [5, 5.41) is 21.5. The van der Waals surface area contributed by atoms with Crippen LogP contribution >= 0.6 is 34.5 Å². The lowest BCUT2D eigenvalue weighted by atomic mass is 9.95. The predicted molar refractivity (Wildman–Crippen MR) is 206 cm³/mol. The molecule has 1 saturated carbocycles. The third-order valence-electron chi connectivity index (χ3n) is 10.6. The van der Waals surface area contributed by atoms with E-state index in [2.05, 4.69) is 31.9 Å². The van der Waals surface area contributed by atoms with Gasteiger partial charge in [-0.2, -0.15) is 0 Å². The number of pyridine rings is 2. The number of hydrogen-bond donors (Lipinski definition) is 4. The van der Waals surface area contributed by atoms with Crippen LogP contribution in [0.2, 0.25) is 10.0 Å². The number of anilines is 2. The second-order valence-corrected chi connectivity index (χ2v) is 15.7. The zero-order chi connectivity index (χ0) is 35.9. The Balaban J connectivity index is 1.00. The maximum Gasteiger partial charge on any atom is 0.306 e. The Hall–Kier alpha value is -4.26. The number of rotatable bonds is 12. The maximum absolute atomic E-state index is 11.6. The van der Waals surface area contributed by atoms with Gasteiger partial charge in [0.25, 0.3) is 0 Å². The zero-order valence-electron chi connectivity index (χ0n) is 28.5. The quantitative estimate of drug-likeness (QED) is 0.101.